The van der Waals surface area contributed by atoms with E-state index in [1.165, 1.54) is 6.07 Å². The maximum absolute atomic E-state index is 11.9. The van der Waals surface area contributed by atoms with Gasteiger partial charge in [-0.3, -0.25) is 0 Å². The van der Waals surface area contributed by atoms with E-state index in [9.17, 15) is 13.2 Å². The van der Waals surface area contributed by atoms with Crippen molar-refractivity contribution in [2.24, 2.45) is 0 Å². The third kappa shape index (κ3) is 1.22. The minimum Gasteiger partial charge on any atom is -0.206 e. The summed E-state index contributed by atoms with van der Waals surface area (Å²) < 4.78 is 35.6. The molecule has 0 saturated heterocycles. The summed E-state index contributed by atoms with van der Waals surface area (Å²) in [4.78, 5) is 0. The first kappa shape index (κ1) is 6.13. The van der Waals surface area contributed by atoms with Gasteiger partial charge in [-0.1, -0.05) is 0 Å². The fourth-order valence-electron chi connectivity index (χ4n) is 0.386. The fraction of sp³-hybridized carbons (Fsp3) is 0. The molecule has 0 bridgehead atoms. The van der Waals surface area contributed by atoms with E-state index in [0.717, 1.165) is 0 Å². The molecule has 1 rings (SSSR count). The van der Waals surface area contributed by atoms with Crippen molar-refractivity contribution < 1.29 is 13.2 Å². The minimum absolute atomic E-state index is 0.679. The molecule has 9 heavy (non-hydrogen) atoms. The Labute approximate surface area is 49.9 Å². The van der Waals surface area contributed by atoms with Crippen molar-refractivity contribution in [1.29, 1.82) is 0 Å². The molecule has 2 radical (unpaired) electrons. The highest BCUT2D eigenvalue weighted by Gasteiger charge is 2.01. The van der Waals surface area contributed by atoms with Gasteiger partial charge in [0.1, 0.15) is 5.82 Å². The van der Waals surface area contributed by atoms with Crippen molar-refractivity contribution in [1.82, 2.24) is 0 Å². The predicted molar refractivity (Wildman–Crippen MR) is 24.0 cm³/mol. The van der Waals surface area contributed by atoms with E-state index >= 15 is 0 Å². The highest BCUT2D eigenvalue weighted by atomic mass is 19.2. The number of hydrogen-bond acceptors (Lipinski definition) is 0. The largest absolute Gasteiger partial charge is 0.206 e. The van der Waals surface area contributed by atoms with Crippen LogP contribution in [0.25, 0.3) is 0 Å². The summed E-state index contributed by atoms with van der Waals surface area (Å²) >= 11 is 0. The van der Waals surface area contributed by atoms with Crippen molar-refractivity contribution in [3.8, 4) is 0 Å². The summed E-state index contributed by atoms with van der Waals surface area (Å²) in [6.45, 7) is 0. The average Bonchev–Trinajstić information content (AvgIpc) is 1.80. The monoisotopic (exact) mass is 130 g/mol. The van der Waals surface area contributed by atoms with E-state index in [4.69, 9.17) is 0 Å². The Morgan fingerprint density at radius 1 is 1.11 bits per heavy atom. The molecule has 0 unspecified atom stereocenters. The van der Waals surface area contributed by atoms with Crippen LogP contribution in [0.3, 0.4) is 0 Å². The first-order chi connectivity index (χ1) is 4.20. The van der Waals surface area contributed by atoms with Crippen molar-refractivity contribution in [2.45, 2.75) is 0 Å². The van der Waals surface area contributed by atoms with E-state index in [0.29, 0.717) is 6.07 Å². The van der Waals surface area contributed by atoms with Crippen LogP contribution in [0, 0.1) is 29.6 Å². The van der Waals surface area contributed by atoms with Gasteiger partial charge < -0.3 is 0 Å². The van der Waals surface area contributed by atoms with Gasteiger partial charge in [0.05, 0.1) is 6.07 Å². The summed E-state index contributed by atoms with van der Waals surface area (Å²) in [5.41, 5.74) is 0. The van der Waals surface area contributed by atoms with Gasteiger partial charge in [0.2, 0.25) is 0 Å². The maximum Gasteiger partial charge on any atom is 0.170 e. The van der Waals surface area contributed by atoms with Gasteiger partial charge in [0, 0.05) is 6.07 Å². The molecule has 0 saturated carbocycles. The Hall–Kier alpha value is -0.990. The third-order valence-corrected chi connectivity index (χ3v) is 0.747. The van der Waals surface area contributed by atoms with Gasteiger partial charge in [-0.25, -0.2) is 13.2 Å². The maximum atomic E-state index is 11.9. The molecular formula is C6HF3. The lowest BCUT2D eigenvalue weighted by atomic mass is 10.3. The minimum atomic E-state index is -1.34. The van der Waals surface area contributed by atoms with E-state index in [1.807, 2.05) is 0 Å². The van der Waals surface area contributed by atoms with Crippen molar-refractivity contribution in [3.63, 3.8) is 0 Å². The second-order valence-electron chi connectivity index (χ2n) is 1.39. The molecule has 3 heteroatoms. The normalized spacial score (nSPS) is 9.67. The van der Waals surface area contributed by atoms with Gasteiger partial charge in [0.15, 0.2) is 11.6 Å². The Morgan fingerprint density at radius 3 is 2.22 bits per heavy atom. The van der Waals surface area contributed by atoms with Crippen LogP contribution in [0.4, 0.5) is 13.2 Å². The smallest absolute Gasteiger partial charge is 0.170 e. The zero-order chi connectivity index (χ0) is 6.85. The Morgan fingerprint density at radius 2 is 1.78 bits per heavy atom. The van der Waals surface area contributed by atoms with Gasteiger partial charge in [-0.05, 0) is 6.07 Å². The summed E-state index contributed by atoms with van der Waals surface area (Å²) in [5, 5.41) is 0. The first-order valence-electron chi connectivity index (χ1n) is 2.14. The molecule has 46 valence electrons. The molecular weight excluding hydrogens is 129 g/mol. The van der Waals surface area contributed by atoms with Gasteiger partial charge in [-0.2, -0.15) is 0 Å². The molecule has 0 aromatic heterocycles. The average molecular weight is 130 g/mol. The fourth-order valence-corrected chi connectivity index (χ4v) is 0.386. The van der Waals surface area contributed by atoms with Gasteiger partial charge in [0.25, 0.3) is 0 Å². The molecule has 0 nitrogen and oxygen atoms in total. The van der Waals surface area contributed by atoms with Crippen LogP contribution in [-0.4, -0.2) is 0 Å². The second kappa shape index (κ2) is 2.09. The standard InChI is InChI=1S/C6HF3/c7-4-1-2-5(8)6(9)3-4/h1H. The van der Waals surface area contributed by atoms with Crippen LogP contribution in [0.15, 0.2) is 6.07 Å². The highest BCUT2D eigenvalue weighted by Crippen LogP contribution is 2.04. The molecule has 0 N–H and O–H groups in total. The summed E-state index contributed by atoms with van der Waals surface area (Å²) in [5.74, 6) is -3.50. The topological polar surface area (TPSA) is 0 Å². The van der Waals surface area contributed by atoms with Crippen LogP contribution < -0.4 is 0 Å². The van der Waals surface area contributed by atoms with Crippen molar-refractivity contribution >= 4 is 0 Å². The van der Waals surface area contributed by atoms with Crippen molar-refractivity contribution in [3.05, 3.63) is 35.7 Å². The van der Waals surface area contributed by atoms with Crippen LogP contribution in [0.2, 0.25) is 0 Å². The molecule has 0 aliphatic carbocycles. The molecule has 0 atom stereocenters. The quantitative estimate of drug-likeness (QED) is 0.469. The molecule has 0 aliphatic heterocycles. The summed E-state index contributed by atoms with van der Waals surface area (Å²) in [7, 11) is 0. The molecule has 0 fully saturated rings. The molecule has 0 spiro atoms. The van der Waals surface area contributed by atoms with Gasteiger partial charge >= 0.3 is 0 Å². The predicted octanol–water partition coefficient (Wildman–Crippen LogP) is 1.70. The second-order valence-corrected chi connectivity index (χ2v) is 1.39. The van der Waals surface area contributed by atoms with Gasteiger partial charge in [-0.15, -0.1) is 0 Å². The molecule has 0 heterocycles. The Kier molecular flexibility index (Phi) is 1.42. The zero-order valence-electron chi connectivity index (χ0n) is 4.21. The number of halogens is 3. The lowest BCUT2D eigenvalue weighted by Crippen LogP contribution is -1.84. The molecule has 0 aliphatic rings. The highest BCUT2D eigenvalue weighted by molar-refractivity contribution is 5.04. The summed E-state index contributed by atoms with van der Waals surface area (Å²) in [6.07, 6.45) is 0. The first-order valence-corrected chi connectivity index (χ1v) is 2.14. The number of rotatable bonds is 0. The van der Waals surface area contributed by atoms with E-state index in [2.05, 4.69) is 0 Å². The molecule has 1 aromatic rings. The van der Waals surface area contributed by atoms with Crippen LogP contribution in [-0.2, 0) is 0 Å². The lowest BCUT2D eigenvalue weighted by Gasteiger charge is -1.87. The van der Waals surface area contributed by atoms with E-state index < -0.39 is 17.5 Å². The van der Waals surface area contributed by atoms with E-state index in [1.54, 1.807) is 6.07 Å². The van der Waals surface area contributed by atoms with E-state index in [-0.39, 0.29) is 0 Å². The number of benzene rings is 1. The van der Waals surface area contributed by atoms with Crippen LogP contribution >= 0.6 is 0 Å². The SMILES string of the molecule is Fc1[c]c(F)c(F)[c]c1. The van der Waals surface area contributed by atoms with Crippen LogP contribution in [0.1, 0.15) is 0 Å². The zero-order valence-corrected chi connectivity index (χ0v) is 4.21. The molecule has 0 amide bonds. The lowest BCUT2D eigenvalue weighted by molar-refractivity contribution is 0.491. The summed E-state index contributed by atoms with van der Waals surface area (Å²) in [6, 6.07) is 3.90. The Balaban J connectivity index is 3.17. The number of hydrogen-bond donors (Lipinski definition) is 0. The van der Waals surface area contributed by atoms with Crippen molar-refractivity contribution in [2.75, 3.05) is 0 Å². The Bertz CT molecular complexity index is 220. The van der Waals surface area contributed by atoms with Crippen LogP contribution in [0.5, 0.6) is 0 Å². The third-order valence-electron chi connectivity index (χ3n) is 0.747. The molecule has 1 aromatic carbocycles.